The third-order valence-electron chi connectivity index (χ3n) is 11.4. The van der Waals surface area contributed by atoms with Crippen LogP contribution in [-0.2, 0) is 0 Å². The fourth-order valence-electron chi connectivity index (χ4n) is 8.65. The summed E-state index contributed by atoms with van der Waals surface area (Å²) in [5.74, 6) is 0. The standard InChI is InChI=1S/C54H26N8/c55-27-33-17-34(28-56)20-43(19-33)37-13-15-51-47(23-37)45-5-1-3-7-49(45)61(51)53-25-39(9-11-41(53)31-59)40-10-12-42(32-60)54(26-40)62-50-8-4-2-6-46(50)48-24-38(14-16-52(48)62)44-21-35(29-57)18-36(22-44)30-58/h1-26H. The van der Waals surface area contributed by atoms with Gasteiger partial charge in [0.15, 0.2) is 0 Å². The molecule has 0 saturated heterocycles. The summed E-state index contributed by atoms with van der Waals surface area (Å²) < 4.78 is 4.20. The fraction of sp³-hybridized carbons (Fsp3) is 0. The van der Waals surface area contributed by atoms with E-state index in [-0.39, 0.29) is 0 Å². The van der Waals surface area contributed by atoms with Gasteiger partial charge in [0.2, 0.25) is 0 Å². The van der Waals surface area contributed by atoms with Crippen molar-refractivity contribution in [3.63, 3.8) is 0 Å². The van der Waals surface area contributed by atoms with E-state index < -0.39 is 0 Å². The number of nitriles is 6. The molecule has 8 heteroatoms. The summed E-state index contributed by atoms with van der Waals surface area (Å²) in [5, 5.41) is 63.5. The number of rotatable bonds is 5. The molecule has 10 rings (SSSR count). The first-order chi connectivity index (χ1) is 30.4. The molecule has 2 heterocycles. The maximum atomic E-state index is 10.5. The maximum Gasteiger partial charge on any atom is 0.101 e. The molecule has 8 aromatic carbocycles. The van der Waals surface area contributed by atoms with E-state index in [0.717, 1.165) is 77.0 Å². The third-order valence-corrected chi connectivity index (χ3v) is 11.4. The molecule has 8 nitrogen and oxygen atoms in total. The second-order valence-electron chi connectivity index (χ2n) is 14.9. The molecule has 0 amide bonds. The van der Waals surface area contributed by atoms with E-state index in [1.165, 1.54) is 0 Å². The van der Waals surface area contributed by atoms with Crippen molar-refractivity contribution in [2.75, 3.05) is 0 Å². The van der Waals surface area contributed by atoms with Crippen LogP contribution >= 0.6 is 0 Å². The molecule has 0 aliphatic heterocycles. The molecular weight excluding hydrogens is 761 g/mol. The Labute approximate surface area is 355 Å². The highest BCUT2D eigenvalue weighted by molar-refractivity contribution is 6.12. The van der Waals surface area contributed by atoms with Crippen LogP contribution in [0.1, 0.15) is 33.4 Å². The van der Waals surface area contributed by atoms with Crippen LogP contribution in [0.15, 0.2) is 158 Å². The predicted octanol–water partition coefficient (Wildman–Crippen LogP) is 12.1. The summed E-state index contributed by atoms with van der Waals surface area (Å²) in [6.45, 7) is 0. The lowest BCUT2D eigenvalue weighted by Gasteiger charge is -2.15. The molecule has 0 N–H and O–H groups in total. The Kier molecular flexibility index (Phi) is 8.62. The normalized spacial score (nSPS) is 10.8. The van der Waals surface area contributed by atoms with Crippen LogP contribution in [0.3, 0.4) is 0 Å². The Bertz CT molecular complexity index is 3520. The monoisotopic (exact) mass is 786 g/mol. The van der Waals surface area contributed by atoms with E-state index >= 15 is 0 Å². The molecule has 282 valence electrons. The number of aromatic nitrogens is 2. The molecule has 0 aliphatic carbocycles. The highest BCUT2D eigenvalue weighted by Crippen LogP contribution is 2.40. The van der Waals surface area contributed by atoms with Crippen molar-refractivity contribution in [2.24, 2.45) is 0 Å². The van der Waals surface area contributed by atoms with Crippen LogP contribution in [-0.4, -0.2) is 9.13 Å². The van der Waals surface area contributed by atoms with E-state index in [4.69, 9.17) is 0 Å². The van der Waals surface area contributed by atoms with Crippen molar-refractivity contribution in [1.29, 1.82) is 31.6 Å². The first kappa shape index (κ1) is 36.6. The lowest BCUT2D eigenvalue weighted by Crippen LogP contribution is -2.00. The zero-order valence-corrected chi connectivity index (χ0v) is 32.6. The van der Waals surface area contributed by atoms with E-state index in [1.54, 1.807) is 36.4 Å². The van der Waals surface area contributed by atoms with Crippen molar-refractivity contribution < 1.29 is 0 Å². The van der Waals surface area contributed by atoms with Crippen LogP contribution < -0.4 is 0 Å². The van der Waals surface area contributed by atoms with Gasteiger partial charge in [-0.25, -0.2) is 0 Å². The van der Waals surface area contributed by atoms with Crippen LogP contribution in [0.2, 0.25) is 0 Å². The van der Waals surface area contributed by atoms with Gasteiger partial charge in [-0.1, -0.05) is 60.7 Å². The minimum absolute atomic E-state index is 0.408. The maximum absolute atomic E-state index is 10.5. The van der Waals surface area contributed by atoms with Crippen LogP contribution in [0.5, 0.6) is 0 Å². The number of hydrogen-bond acceptors (Lipinski definition) is 6. The van der Waals surface area contributed by atoms with Gasteiger partial charge < -0.3 is 9.13 Å². The smallest absolute Gasteiger partial charge is 0.101 e. The molecule has 0 unspecified atom stereocenters. The molecule has 0 radical (unpaired) electrons. The first-order valence-electron chi connectivity index (χ1n) is 19.5. The van der Waals surface area contributed by atoms with Gasteiger partial charge in [0, 0.05) is 21.5 Å². The largest absolute Gasteiger partial charge is 0.308 e. The summed E-state index contributed by atoms with van der Waals surface area (Å²) in [4.78, 5) is 0. The fourth-order valence-corrected chi connectivity index (χ4v) is 8.65. The molecule has 62 heavy (non-hydrogen) atoms. The highest BCUT2D eigenvalue weighted by Gasteiger charge is 2.20. The molecule has 0 bridgehead atoms. The zero-order chi connectivity index (χ0) is 42.5. The summed E-state index contributed by atoms with van der Waals surface area (Å²) in [7, 11) is 0. The van der Waals surface area contributed by atoms with Crippen molar-refractivity contribution in [1.82, 2.24) is 9.13 Å². The summed E-state index contributed by atoms with van der Waals surface area (Å²) in [6, 6.07) is 63.5. The minimum Gasteiger partial charge on any atom is -0.308 e. The van der Waals surface area contributed by atoms with Gasteiger partial charge in [-0.3, -0.25) is 0 Å². The van der Waals surface area contributed by atoms with Gasteiger partial charge in [0.25, 0.3) is 0 Å². The number of benzene rings is 8. The molecular formula is C54H26N8. The third kappa shape index (κ3) is 5.87. The van der Waals surface area contributed by atoms with Crippen molar-refractivity contribution in [3.05, 3.63) is 191 Å². The molecule has 10 aromatic rings. The van der Waals surface area contributed by atoms with Crippen LogP contribution in [0, 0.1) is 68.0 Å². The molecule has 0 aliphatic rings. The lowest BCUT2D eigenvalue weighted by atomic mass is 9.98. The highest BCUT2D eigenvalue weighted by atomic mass is 15.0. The van der Waals surface area contributed by atoms with E-state index in [2.05, 4.69) is 69.8 Å². The molecule has 0 fully saturated rings. The molecule has 0 saturated carbocycles. The summed E-state index contributed by atoms with van der Waals surface area (Å²) in [6.07, 6.45) is 0. The van der Waals surface area contributed by atoms with Crippen LogP contribution in [0.4, 0.5) is 0 Å². The first-order valence-corrected chi connectivity index (χ1v) is 19.5. The Morgan fingerprint density at radius 3 is 0.984 bits per heavy atom. The average Bonchev–Trinajstić information content (AvgIpc) is 3.85. The predicted molar refractivity (Wildman–Crippen MR) is 240 cm³/mol. The lowest BCUT2D eigenvalue weighted by molar-refractivity contribution is 1.16. The van der Waals surface area contributed by atoms with Gasteiger partial charge in [-0.15, -0.1) is 0 Å². The van der Waals surface area contributed by atoms with E-state index in [9.17, 15) is 31.6 Å². The second kappa shape index (κ2) is 14.6. The van der Waals surface area contributed by atoms with Crippen LogP contribution in [0.25, 0.3) is 88.4 Å². The number of para-hydroxylation sites is 2. The van der Waals surface area contributed by atoms with E-state index in [1.807, 2.05) is 97.1 Å². The zero-order valence-electron chi connectivity index (χ0n) is 32.6. The van der Waals surface area contributed by atoms with Gasteiger partial charge >= 0.3 is 0 Å². The number of nitrogens with zero attached hydrogens (tertiary/aromatic N) is 8. The Morgan fingerprint density at radius 1 is 0.274 bits per heavy atom. The minimum atomic E-state index is 0.408. The summed E-state index contributed by atoms with van der Waals surface area (Å²) in [5.41, 5.74) is 12.5. The van der Waals surface area contributed by atoms with Gasteiger partial charge in [0.1, 0.15) is 12.1 Å². The number of hydrogen-bond donors (Lipinski definition) is 0. The molecule has 0 atom stereocenters. The molecule has 0 spiro atoms. The summed E-state index contributed by atoms with van der Waals surface area (Å²) >= 11 is 0. The second-order valence-corrected chi connectivity index (χ2v) is 14.9. The number of fused-ring (bicyclic) bond motifs is 6. The quantitative estimate of drug-likeness (QED) is 0.169. The SMILES string of the molecule is N#Cc1cc(C#N)cc(-c2ccc3c(c2)c2ccccc2n3-c2cc(-c3ccc(C#N)c(-n4c5ccccc5c5cc(-c6cc(C#N)cc(C#N)c6)ccc54)c3)ccc2C#N)c1. The molecule has 2 aromatic heterocycles. The van der Waals surface area contributed by atoms with Gasteiger partial charge in [-0.2, -0.15) is 31.6 Å². The van der Waals surface area contributed by atoms with Crippen molar-refractivity contribution >= 4 is 43.6 Å². The Morgan fingerprint density at radius 2 is 0.613 bits per heavy atom. The van der Waals surface area contributed by atoms with E-state index in [0.29, 0.717) is 44.8 Å². The van der Waals surface area contributed by atoms with Gasteiger partial charge in [-0.05, 0) is 130 Å². The Balaban J connectivity index is 1.14. The Hall–Kier alpha value is -9.70. The average molecular weight is 787 g/mol. The van der Waals surface area contributed by atoms with Gasteiger partial charge in [0.05, 0.1) is 91.1 Å². The van der Waals surface area contributed by atoms with Crippen molar-refractivity contribution in [2.45, 2.75) is 0 Å². The topological polar surface area (TPSA) is 153 Å². The van der Waals surface area contributed by atoms with Crippen molar-refractivity contribution in [3.8, 4) is 81.2 Å².